The van der Waals surface area contributed by atoms with Crippen LogP contribution in [-0.2, 0) is 11.3 Å². The van der Waals surface area contributed by atoms with E-state index in [2.05, 4.69) is 10.9 Å². The van der Waals surface area contributed by atoms with Crippen LogP contribution in [0.25, 0.3) is 0 Å². The van der Waals surface area contributed by atoms with Crippen LogP contribution >= 0.6 is 0 Å². The highest BCUT2D eigenvalue weighted by atomic mass is 19.1. The number of ether oxygens (including phenoxy) is 1. The molecule has 2 aromatic rings. The Bertz CT molecular complexity index is 666. The van der Waals surface area contributed by atoms with Gasteiger partial charge >= 0.3 is 5.97 Å². The monoisotopic (exact) mass is 316 g/mol. The van der Waals surface area contributed by atoms with Crippen molar-refractivity contribution in [1.29, 1.82) is 0 Å². The number of para-hydroxylation sites is 1. The van der Waals surface area contributed by atoms with Crippen LogP contribution in [0.3, 0.4) is 0 Å². The first kappa shape index (κ1) is 17.0. The van der Waals surface area contributed by atoms with Crippen LogP contribution in [0.15, 0.2) is 48.5 Å². The van der Waals surface area contributed by atoms with Gasteiger partial charge in [-0.3, -0.25) is 0 Å². The predicted molar refractivity (Wildman–Crippen MR) is 88.5 cm³/mol. The fraction of sp³-hybridized carbons (Fsp3) is 0.278. The highest BCUT2D eigenvalue weighted by molar-refractivity contribution is 5.89. The molecule has 0 radical (unpaired) electrons. The van der Waals surface area contributed by atoms with Crippen molar-refractivity contribution >= 4 is 11.7 Å². The molecule has 0 aliphatic rings. The van der Waals surface area contributed by atoms with Crippen LogP contribution in [0.2, 0.25) is 0 Å². The van der Waals surface area contributed by atoms with Crippen LogP contribution in [0.1, 0.15) is 36.7 Å². The molecule has 0 amide bonds. The summed E-state index contributed by atoms with van der Waals surface area (Å²) < 4.78 is 19.3. The van der Waals surface area contributed by atoms with Gasteiger partial charge in [0.2, 0.25) is 0 Å². The summed E-state index contributed by atoms with van der Waals surface area (Å²) in [6.45, 7) is 5.60. The fourth-order valence-electron chi connectivity index (χ4n) is 1.92. The van der Waals surface area contributed by atoms with E-state index in [9.17, 15) is 9.18 Å². The minimum Gasteiger partial charge on any atom is -0.456 e. The maximum atomic E-state index is 14.1. The Morgan fingerprint density at radius 3 is 2.43 bits per heavy atom. The fourth-order valence-corrected chi connectivity index (χ4v) is 1.92. The van der Waals surface area contributed by atoms with Crippen LogP contribution in [-0.4, -0.2) is 11.6 Å². The molecule has 0 atom stereocenters. The molecule has 4 nitrogen and oxygen atoms in total. The topological polar surface area (TPSA) is 50.4 Å². The molecule has 122 valence electrons. The van der Waals surface area contributed by atoms with Crippen molar-refractivity contribution < 1.29 is 13.9 Å². The first-order chi connectivity index (χ1) is 10.8. The summed E-state index contributed by atoms with van der Waals surface area (Å²) >= 11 is 0. The number of carbonyl (C=O) groups is 1. The van der Waals surface area contributed by atoms with Gasteiger partial charge in [0.05, 0.1) is 5.56 Å². The molecule has 0 spiro atoms. The van der Waals surface area contributed by atoms with E-state index in [0.29, 0.717) is 5.56 Å². The van der Waals surface area contributed by atoms with Crippen molar-refractivity contribution in [3.8, 4) is 0 Å². The number of rotatable bonds is 5. The molecule has 23 heavy (non-hydrogen) atoms. The van der Waals surface area contributed by atoms with E-state index in [-0.39, 0.29) is 12.1 Å². The third-order valence-corrected chi connectivity index (χ3v) is 2.97. The van der Waals surface area contributed by atoms with Crippen LogP contribution in [0.4, 0.5) is 10.1 Å². The lowest BCUT2D eigenvalue weighted by Gasteiger charge is -2.19. The molecule has 0 unspecified atom stereocenters. The molecule has 5 heteroatoms. The van der Waals surface area contributed by atoms with Crippen molar-refractivity contribution in [2.45, 2.75) is 32.9 Å². The molecule has 0 aromatic heterocycles. The SMILES string of the molecule is CC(C)(C)OC(=O)c1ccc(CNNc2ccccc2)c(F)c1. The van der Waals surface area contributed by atoms with E-state index in [4.69, 9.17) is 4.74 Å². The summed E-state index contributed by atoms with van der Waals surface area (Å²) in [7, 11) is 0. The second kappa shape index (κ2) is 7.24. The number of hydrogen-bond acceptors (Lipinski definition) is 4. The van der Waals surface area contributed by atoms with E-state index >= 15 is 0 Å². The van der Waals surface area contributed by atoms with Gasteiger partial charge in [-0.15, -0.1) is 0 Å². The summed E-state index contributed by atoms with van der Waals surface area (Å²) in [5.41, 5.74) is 6.87. The second-order valence-electron chi connectivity index (χ2n) is 6.15. The van der Waals surface area contributed by atoms with E-state index < -0.39 is 17.4 Å². The molecule has 2 rings (SSSR count). The average molecular weight is 316 g/mol. The zero-order valence-corrected chi connectivity index (χ0v) is 13.5. The zero-order chi connectivity index (χ0) is 16.9. The molecule has 0 saturated carbocycles. The van der Waals surface area contributed by atoms with Crippen molar-refractivity contribution in [3.63, 3.8) is 0 Å². The molecule has 2 N–H and O–H groups in total. The van der Waals surface area contributed by atoms with Crippen molar-refractivity contribution in [2.75, 3.05) is 5.43 Å². The molecular weight excluding hydrogens is 295 g/mol. The van der Waals surface area contributed by atoms with E-state index in [1.54, 1.807) is 32.9 Å². The van der Waals surface area contributed by atoms with Gasteiger partial charge in [0.1, 0.15) is 11.4 Å². The van der Waals surface area contributed by atoms with Gasteiger partial charge in [-0.2, -0.15) is 0 Å². The lowest BCUT2D eigenvalue weighted by atomic mass is 10.1. The van der Waals surface area contributed by atoms with Gasteiger partial charge < -0.3 is 10.2 Å². The smallest absolute Gasteiger partial charge is 0.338 e. The number of anilines is 1. The van der Waals surface area contributed by atoms with Crippen LogP contribution in [0, 0.1) is 5.82 Å². The van der Waals surface area contributed by atoms with E-state index in [1.165, 1.54) is 6.07 Å². The Balaban J connectivity index is 1.95. The van der Waals surface area contributed by atoms with E-state index in [1.807, 2.05) is 30.3 Å². The van der Waals surface area contributed by atoms with Crippen molar-refractivity contribution in [3.05, 3.63) is 65.5 Å². The highest BCUT2D eigenvalue weighted by Crippen LogP contribution is 2.15. The number of hydrazine groups is 1. The number of hydrogen-bond donors (Lipinski definition) is 2. The molecule has 0 aliphatic heterocycles. The van der Waals surface area contributed by atoms with Gasteiger partial charge in [0, 0.05) is 17.8 Å². The van der Waals surface area contributed by atoms with Crippen LogP contribution in [0.5, 0.6) is 0 Å². The Hall–Kier alpha value is -2.40. The maximum absolute atomic E-state index is 14.1. The highest BCUT2D eigenvalue weighted by Gasteiger charge is 2.18. The zero-order valence-electron chi connectivity index (χ0n) is 13.5. The van der Waals surface area contributed by atoms with Gasteiger partial charge in [-0.05, 0) is 45.0 Å². The molecule has 2 aromatic carbocycles. The number of carbonyl (C=O) groups excluding carboxylic acids is 1. The number of benzene rings is 2. The van der Waals surface area contributed by atoms with Gasteiger partial charge in [0.25, 0.3) is 0 Å². The summed E-state index contributed by atoms with van der Waals surface area (Å²) in [5.74, 6) is -0.978. The minimum absolute atomic E-state index is 0.206. The Kier molecular flexibility index (Phi) is 5.34. The number of esters is 1. The number of nitrogens with one attached hydrogen (secondary N) is 2. The van der Waals surface area contributed by atoms with Crippen molar-refractivity contribution in [2.24, 2.45) is 0 Å². The average Bonchev–Trinajstić information content (AvgIpc) is 2.48. The molecule has 0 saturated heterocycles. The molecule has 0 bridgehead atoms. The molecular formula is C18H21FN2O2. The predicted octanol–water partition coefficient (Wildman–Crippen LogP) is 3.90. The summed E-state index contributed by atoms with van der Waals surface area (Å²) in [4.78, 5) is 11.9. The van der Waals surface area contributed by atoms with E-state index in [0.717, 1.165) is 5.69 Å². The summed E-state index contributed by atoms with van der Waals surface area (Å²) in [6, 6.07) is 13.9. The second-order valence-corrected chi connectivity index (χ2v) is 6.15. The lowest BCUT2D eigenvalue weighted by molar-refractivity contribution is 0.00690. The largest absolute Gasteiger partial charge is 0.456 e. The Labute approximate surface area is 135 Å². The maximum Gasteiger partial charge on any atom is 0.338 e. The molecule has 0 aliphatic carbocycles. The summed E-state index contributed by atoms with van der Waals surface area (Å²) in [5, 5.41) is 0. The summed E-state index contributed by atoms with van der Waals surface area (Å²) in [6.07, 6.45) is 0. The first-order valence-corrected chi connectivity index (χ1v) is 7.41. The third kappa shape index (κ3) is 5.38. The first-order valence-electron chi connectivity index (χ1n) is 7.41. The van der Waals surface area contributed by atoms with Gasteiger partial charge in [0.15, 0.2) is 0 Å². The van der Waals surface area contributed by atoms with Gasteiger partial charge in [-0.25, -0.2) is 14.6 Å². The van der Waals surface area contributed by atoms with Crippen molar-refractivity contribution in [1.82, 2.24) is 5.43 Å². The number of halogens is 1. The van der Waals surface area contributed by atoms with Gasteiger partial charge in [-0.1, -0.05) is 24.3 Å². The quantitative estimate of drug-likeness (QED) is 0.649. The Morgan fingerprint density at radius 2 is 1.83 bits per heavy atom. The minimum atomic E-state index is -0.604. The Morgan fingerprint density at radius 1 is 1.13 bits per heavy atom. The normalized spacial score (nSPS) is 11.1. The van der Waals surface area contributed by atoms with Crippen LogP contribution < -0.4 is 10.9 Å². The molecule has 0 fully saturated rings. The third-order valence-electron chi connectivity index (χ3n) is 2.97. The standard InChI is InChI=1S/C18H21FN2O2/c1-18(2,3)23-17(22)13-9-10-14(16(19)11-13)12-20-21-15-7-5-4-6-8-15/h4-11,20-21H,12H2,1-3H3. The molecule has 0 heterocycles. The lowest BCUT2D eigenvalue weighted by Crippen LogP contribution is -2.24.